The Hall–Kier alpha value is -2.05. The first kappa shape index (κ1) is 13.9. The quantitative estimate of drug-likeness (QED) is 0.730. The largest absolute Gasteiger partial charge is 0.392 e. The maximum atomic E-state index is 12.1. The standard InChI is InChI=1S/C15H15N3O2S/c19-11-12-4-6-13(7-5-12)21-10-9-18-15(20)17-8-2-1-3-14(17)16-18/h1-8,19H,9-11H2. The van der Waals surface area contributed by atoms with Gasteiger partial charge in [0, 0.05) is 16.8 Å². The van der Waals surface area contributed by atoms with E-state index < -0.39 is 0 Å². The van der Waals surface area contributed by atoms with Crippen LogP contribution >= 0.6 is 11.8 Å². The van der Waals surface area contributed by atoms with Gasteiger partial charge in [-0.3, -0.25) is 4.40 Å². The van der Waals surface area contributed by atoms with Crippen molar-refractivity contribution in [3.05, 3.63) is 64.7 Å². The monoisotopic (exact) mass is 301 g/mol. The zero-order valence-electron chi connectivity index (χ0n) is 11.3. The number of thioether (sulfide) groups is 1. The van der Waals surface area contributed by atoms with Crippen LogP contribution in [-0.4, -0.2) is 25.0 Å². The molecule has 0 spiro atoms. The van der Waals surface area contributed by atoms with Crippen molar-refractivity contribution in [1.82, 2.24) is 14.2 Å². The van der Waals surface area contributed by atoms with Gasteiger partial charge in [-0.25, -0.2) is 9.48 Å². The number of fused-ring (bicyclic) bond motifs is 1. The van der Waals surface area contributed by atoms with Crippen molar-refractivity contribution in [2.75, 3.05) is 5.75 Å². The third kappa shape index (κ3) is 3.01. The molecule has 21 heavy (non-hydrogen) atoms. The summed E-state index contributed by atoms with van der Waals surface area (Å²) in [4.78, 5) is 13.2. The van der Waals surface area contributed by atoms with Gasteiger partial charge in [0.2, 0.25) is 0 Å². The Morgan fingerprint density at radius 3 is 2.67 bits per heavy atom. The Balaban J connectivity index is 1.66. The molecule has 0 saturated heterocycles. The normalized spacial score (nSPS) is 11.1. The number of aromatic nitrogens is 3. The first-order valence-corrected chi connectivity index (χ1v) is 7.63. The van der Waals surface area contributed by atoms with Gasteiger partial charge in [0.1, 0.15) is 0 Å². The van der Waals surface area contributed by atoms with Gasteiger partial charge in [-0.2, -0.15) is 0 Å². The summed E-state index contributed by atoms with van der Waals surface area (Å²) in [6.45, 7) is 0.620. The molecule has 0 bridgehead atoms. The molecule has 0 fully saturated rings. The van der Waals surface area contributed by atoms with Crippen molar-refractivity contribution in [1.29, 1.82) is 0 Å². The summed E-state index contributed by atoms with van der Waals surface area (Å²) in [7, 11) is 0. The second-order valence-electron chi connectivity index (χ2n) is 4.59. The number of benzene rings is 1. The molecule has 0 unspecified atom stereocenters. The number of hydrogen-bond acceptors (Lipinski definition) is 4. The minimum absolute atomic E-state index is 0.0571. The summed E-state index contributed by atoms with van der Waals surface area (Å²) in [6, 6.07) is 13.3. The molecule has 108 valence electrons. The van der Waals surface area contributed by atoms with Gasteiger partial charge in [-0.1, -0.05) is 18.2 Å². The molecule has 0 atom stereocenters. The van der Waals surface area contributed by atoms with Gasteiger partial charge in [0.05, 0.1) is 13.2 Å². The zero-order chi connectivity index (χ0) is 14.7. The van der Waals surface area contributed by atoms with E-state index in [0.29, 0.717) is 12.2 Å². The second kappa shape index (κ2) is 6.15. The van der Waals surface area contributed by atoms with Gasteiger partial charge in [0.15, 0.2) is 5.65 Å². The molecule has 0 saturated carbocycles. The lowest BCUT2D eigenvalue weighted by Crippen LogP contribution is -2.21. The van der Waals surface area contributed by atoms with Gasteiger partial charge in [-0.15, -0.1) is 16.9 Å². The topological polar surface area (TPSA) is 59.5 Å². The summed E-state index contributed by atoms with van der Waals surface area (Å²) in [6.07, 6.45) is 1.72. The molecule has 0 radical (unpaired) electrons. The minimum atomic E-state index is -0.109. The van der Waals surface area contributed by atoms with Crippen molar-refractivity contribution >= 4 is 17.4 Å². The summed E-state index contributed by atoms with van der Waals surface area (Å²) in [5, 5.41) is 13.3. The molecule has 0 aliphatic rings. The molecule has 0 aliphatic heterocycles. The average molecular weight is 301 g/mol. The molecule has 1 aromatic carbocycles. The van der Waals surface area contributed by atoms with Crippen molar-refractivity contribution in [2.45, 2.75) is 18.0 Å². The molecule has 3 aromatic rings. The fourth-order valence-corrected chi connectivity index (χ4v) is 2.88. The van der Waals surface area contributed by atoms with Crippen LogP contribution in [0.25, 0.3) is 5.65 Å². The average Bonchev–Trinajstić information content (AvgIpc) is 2.85. The fraction of sp³-hybridized carbons (Fsp3) is 0.200. The zero-order valence-corrected chi connectivity index (χ0v) is 12.2. The van der Waals surface area contributed by atoms with E-state index in [9.17, 15) is 4.79 Å². The van der Waals surface area contributed by atoms with Crippen molar-refractivity contribution in [3.8, 4) is 0 Å². The molecule has 6 heteroatoms. The van der Waals surface area contributed by atoms with Gasteiger partial charge >= 0.3 is 5.69 Å². The Morgan fingerprint density at radius 2 is 1.95 bits per heavy atom. The number of nitrogens with zero attached hydrogens (tertiary/aromatic N) is 3. The maximum Gasteiger partial charge on any atom is 0.350 e. The highest BCUT2D eigenvalue weighted by Gasteiger charge is 2.05. The fourth-order valence-electron chi connectivity index (χ4n) is 2.05. The summed E-state index contributed by atoms with van der Waals surface area (Å²) in [5.41, 5.74) is 1.46. The van der Waals surface area contributed by atoms with Gasteiger partial charge in [0.25, 0.3) is 0 Å². The van der Waals surface area contributed by atoms with Crippen molar-refractivity contribution in [3.63, 3.8) is 0 Å². The SMILES string of the molecule is O=c1n(CCSc2ccc(CO)cc2)nc2ccccn12. The lowest BCUT2D eigenvalue weighted by atomic mass is 10.2. The Kier molecular flexibility index (Phi) is 4.08. The van der Waals surface area contributed by atoms with E-state index >= 15 is 0 Å². The third-order valence-electron chi connectivity index (χ3n) is 3.17. The molecule has 3 rings (SSSR count). The Morgan fingerprint density at radius 1 is 1.14 bits per heavy atom. The molecule has 0 amide bonds. The van der Waals surface area contributed by atoms with Crippen molar-refractivity contribution < 1.29 is 5.11 Å². The number of rotatable bonds is 5. The number of aliphatic hydroxyl groups excluding tert-OH is 1. The Labute approximate surface area is 125 Å². The highest BCUT2D eigenvalue weighted by molar-refractivity contribution is 7.99. The molecule has 0 aliphatic carbocycles. The number of hydrogen-bond donors (Lipinski definition) is 1. The summed E-state index contributed by atoms with van der Waals surface area (Å²) < 4.78 is 3.03. The lowest BCUT2D eigenvalue weighted by molar-refractivity contribution is 0.282. The van der Waals surface area contributed by atoms with Crippen LogP contribution in [0, 0.1) is 0 Å². The molecule has 1 N–H and O–H groups in total. The predicted molar refractivity (Wildman–Crippen MR) is 82.5 cm³/mol. The van der Waals surface area contributed by atoms with Gasteiger partial charge < -0.3 is 5.11 Å². The number of aliphatic hydroxyl groups is 1. The van der Waals surface area contributed by atoms with E-state index in [1.165, 1.54) is 4.68 Å². The predicted octanol–water partition coefficient (Wildman–Crippen LogP) is 1.78. The van der Waals surface area contributed by atoms with Crippen LogP contribution in [0.4, 0.5) is 0 Å². The van der Waals surface area contributed by atoms with E-state index in [4.69, 9.17) is 5.11 Å². The van der Waals surface area contributed by atoms with Crippen LogP contribution in [0.5, 0.6) is 0 Å². The first-order valence-electron chi connectivity index (χ1n) is 6.65. The highest BCUT2D eigenvalue weighted by atomic mass is 32.2. The van der Waals surface area contributed by atoms with E-state index in [1.54, 1.807) is 22.4 Å². The van der Waals surface area contributed by atoms with Crippen LogP contribution in [0.2, 0.25) is 0 Å². The van der Waals surface area contributed by atoms with Crippen LogP contribution in [0.15, 0.2) is 58.4 Å². The van der Waals surface area contributed by atoms with Crippen molar-refractivity contribution in [2.24, 2.45) is 0 Å². The second-order valence-corrected chi connectivity index (χ2v) is 5.75. The number of aryl methyl sites for hydroxylation is 1. The molecular formula is C15H15N3O2S. The van der Waals surface area contributed by atoms with Crippen LogP contribution < -0.4 is 5.69 Å². The Bertz CT molecular complexity index is 793. The molecule has 5 nitrogen and oxygen atoms in total. The van der Waals surface area contributed by atoms with E-state index in [0.717, 1.165) is 16.2 Å². The lowest BCUT2D eigenvalue weighted by Gasteiger charge is -2.02. The summed E-state index contributed by atoms with van der Waals surface area (Å²) >= 11 is 1.66. The smallest absolute Gasteiger partial charge is 0.350 e. The molecular weight excluding hydrogens is 286 g/mol. The minimum Gasteiger partial charge on any atom is -0.392 e. The molecule has 2 heterocycles. The number of pyridine rings is 1. The van der Waals surface area contributed by atoms with E-state index in [-0.39, 0.29) is 12.3 Å². The van der Waals surface area contributed by atoms with Crippen LogP contribution in [-0.2, 0) is 13.2 Å². The van der Waals surface area contributed by atoms with Gasteiger partial charge in [-0.05, 0) is 29.8 Å². The first-order chi connectivity index (χ1) is 10.3. The maximum absolute atomic E-state index is 12.1. The van der Waals surface area contributed by atoms with Crippen LogP contribution in [0.3, 0.4) is 0 Å². The highest BCUT2D eigenvalue weighted by Crippen LogP contribution is 2.18. The van der Waals surface area contributed by atoms with Crippen LogP contribution in [0.1, 0.15) is 5.56 Å². The summed E-state index contributed by atoms with van der Waals surface area (Å²) in [5.74, 6) is 0.766. The van der Waals surface area contributed by atoms with E-state index in [1.807, 2.05) is 42.5 Å². The molecule has 2 aromatic heterocycles. The third-order valence-corrected chi connectivity index (χ3v) is 4.16. The van der Waals surface area contributed by atoms with E-state index in [2.05, 4.69) is 5.10 Å².